The summed E-state index contributed by atoms with van der Waals surface area (Å²) in [5, 5.41) is 16.7. The molecule has 6 nitrogen and oxygen atoms in total. The fourth-order valence-corrected chi connectivity index (χ4v) is 3.23. The number of phenols is 1. The molecule has 6 heteroatoms. The Morgan fingerprint density at radius 1 is 1.35 bits per heavy atom. The van der Waals surface area contributed by atoms with E-state index in [0.717, 1.165) is 48.2 Å². The summed E-state index contributed by atoms with van der Waals surface area (Å²) < 4.78 is 1.80. The van der Waals surface area contributed by atoms with Gasteiger partial charge in [-0.1, -0.05) is 6.92 Å². The molecule has 1 aliphatic rings. The Bertz CT molecular complexity index is 850. The lowest BCUT2D eigenvalue weighted by Gasteiger charge is -2.13. The Kier molecular flexibility index (Phi) is 5.21. The lowest BCUT2D eigenvalue weighted by molar-refractivity contribution is -0.123. The topological polar surface area (TPSA) is 84.2 Å². The molecule has 0 aliphatic heterocycles. The largest absolute Gasteiger partial charge is 0.508 e. The van der Waals surface area contributed by atoms with Gasteiger partial charge < -0.3 is 10.4 Å². The zero-order valence-corrected chi connectivity index (χ0v) is 15.0. The van der Waals surface area contributed by atoms with Crippen LogP contribution in [-0.2, 0) is 16.0 Å². The first-order chi connectivity index (χ1) is 12.5. The number of rotatable bonds is 6. The number of benzene rings is 1. The molecule has 1 aromatic heterocycles. The van der Waals surface area contributed by atoms with Crippen LogP contribution in [0.2, 0.25) is 0 Å². The number of aldehydes is 1. The minimum absolute atomic E-state index is 0.0713. The lowest BCUT2D eigenvalue weighted by Crippen LogP contribution is -2.30. The maximum Gasteiger partial charge on any atom is 0.227 e. The van der Waals surface area contributed by atoms with Gasteiger partial charge in [0.05, 0.1) is 11.9 Å². The van der Waals surface area contributed by atoms with Crippen molar-refractivity contribution in [2.24, 2.45) is 5.92 Å². The number of carbonyl (C=O) groups excluding carboxylic acids is 2. The van der Waals surface area contributed by atoms with Crippen LogP contribution in [0, 0.1) is 12.8 Å². The summed E-state index contributed by atoms with van der Waals surface area (Å²) >= 11 is 0. The molecule has 0 radical (unpaired) electrons. The van der Waals surface area contributed by atoms with Gasteiger partial charge in [0.2, 0.25) is 5.91 Å². The molecular weight excluding hydrogens is 330 g/mol. The summed E-state index contributed by atoms with van der Waals surface area (Å²) in [4.78, 5) is 23.5. The van der Waals surface area contributed by atoms with Gasteiger partial charge in [-0.3, -0.25) is 9.59 Å². The average Bonchev–Trinajstić information content (AvgIpc) is 3.22. The van der Waals surface area contributed by atoms with Gasteiger partial charge in [-0.25, -0.2) is 4.68 Å². The first-order valence-electron chi connectivity index (χ1n) is 8.80. The van der Waals surface area contributed by atoms with E-state index in [9.17, 15) is 14.7 Å². The van der Waals surface area contributed by atoms with Crippen molar-refractivity contribution in [1.82, 2.24) is 15.1 Å². The van der Waals surface area contributed by atoms with E-state index in [-0.39, 0.29) is 17.6 Å². The van der Waals surface area contributed by atoms with Crippen molar-refractivity contribution in [3.05, 3.63) is 53.0 Å². The molecule has 0 saturated heterocycles. The third kappa shape index (κ3) is 3.69. The second-order valence-electron chi connectivity index (χ2n) is 6.75. The Labute approximate surface area is 152 Å². The van der Waals surface area contributed by atoms with E-state index in [2.05, 4.69) is 10.4 Å². The van der Waals surface area contributed by atoms with Crippen LogP contribution < -0.4 is 5.32 Å². The van der Waals surface area contributed by atoms with Crippen LogP contribution in [0.3, 0.4) is 0 Å². The van der Waals surface area contributed by atoms with E-state index in [4.69, 9.17) is 0 Å². The second kappa shape index (κ2) is 7.56. The number of hydrogen-bond acceptors (Lipinski definition) is 4. The Hall–Kier alpha value is -2.89. The summed E-state index contributed by atoms with van der Waals surface area (Å²) in [5.74, 6) is -0.0924. The smallest absolute Gasteiger partial charge is 0.227 e. The SMILES string of the molecule is Cc1c(C[C@@H](C)C(=O)NC2=C(C=O)CCC2)cnn1-c1ccc(O)cc1. The van der Waals surface area contributed by atoms with E-state index >= 15 is 0 Å². The molecule has 0 fully saturated rings. The number of phenolic OH excluding ortho intramolecular Hbond substituents is 1. The molecule has 1 amide bonds. The van der Waals surface area contributed by atoms with Crippen molar-refractivity contribution in [1.29, 1.82) is 0 Å². The third-order valence-corrected chi connectivity index (χ3v) is 4.86. The molecule has 2 N–H and O–H groups in total. The molecule has 0 spiro atoms. The zero-order valence-electron chi connectivity index (χ0n) is 15.0. The van der Waals surface area contributed by atoms with Crippen LogP contribution in [0.25, 0.3) is 5.69 Å². The highest BCUT2D eigenvalue weighted by Gasteiger charge is 2.21. The highest BCUT2D eigenvalue weighted by atomic mass is 16.3. The summed E-state index contributed by atoms with van der Waals surface area (Å²) in [6.45, 7) is 3.84. The quantitative estimate of drug-likeness (QED) is 0.782. The highest BCUT2D eigenvalue weighted by Crippen LogP contribution is 2.23. The number of nitrogens with one attached hydrogen (secondary N) is 1. The standard InChI is InChI=1S/C20H23N3O3/c1-13(20(26)22-19-5-3-4-15(19)12-24)10-16-11-21-23(14(16)2)17-6-8-18(25)9-7-17/h6-9,11-13,25H,3-5,10H2,1-2H3,(H,22,26)/t13-/m1/s1. The van der Waals surface area contributed by atoms with Gasteiger partial charge in [0.25, 0.3) is 0 Å². The van der Waals surface area contributed by atoms with E-state index < -0.39 is 0 Å². The zero-order chi connectivity index (χ0) is 18.7. The minimum atomic E-state index is -0.229. The van der Waals surface area contributed by atoms with Crippen molar-refractivity contribution < 1.29 is 14.7 Å². The maximum absolute atomic E-state index is 12.5. The number of nitrogens with zero attached hydrogens (tertiary/aromatic N) is 2. The van der Waals surface area contributed by atoms with Gasteiger partial charge in [0, 0.05) is 22.9 Å². The van der Waals surface area contributed by atoms with Gasteiger partial charge in [0.1, 0.15) is 12.0 Å². The van der Waals surface area contributed by atoms with Gasteiger partial charge >= 0.3 is 0 Å². The van der Waals surface area contributed by atoms with Crippen molar-refractivity contribution in [2.45, 2.75) is 39.5 Å². The van der Waals surface area contributed by atoms with E-state index in [1.165, 1.54) is 0 Å². The maximum atomic E-state index is 12.5. The molecule has 1 atom stereocenters. The molecule has 0 unspecified atom stereocenters. The number of aromatic hydroxyl groups is 1. The van der Waals surface area contributed by atoms with E-state index in [1.54, 1.807) is 35.1 Å². The minimum Gasteiger partial charge on any atom is -0.508 e. The second-order valence-corrected chi connectivity index (χ2v) is 6.75. The number of allylic oxidation sites excluding steroid dienone is 2. The van der Waals surface area contributed by atoms with Crippen molar-refractivity contribution in [3.63, 3.8) is 0 Å². The molecular formula is C20H23N3O3. The van der Waals surface area contributed by atoms with Crippen LogP contribution in [0.5, 0.6) is 5.75 Å². The normalized spacial score (nSPS) is 15.2. The molecule has 1 aliphatic carbocycles. The molecule has 1 aromatic carbocycles. The Morgan fingerprint density at radius 3 is 2.77 bits per heavy atom. The Balaban J connectivity index is 1.70. The molecule has 3 rings (SSSR count). The van der Waals surface area contributed by atoms with Gasteiger partial charge in [0.15, 0.2) is 0 Å². The van der Waals surface area contributed by atoms with Gasteiger partial charge in [-0.05, 0) is 62.4 Å². The van der Waals surface area contributed by atoms with Crippen molar-refractivity contribution >= 4 is 12.2 Å². The van der Waals surface area contributed by atoms with Crippen LogP contribution in [0.1, 0.15) is 37.4 Å². The summed E-state index contributed by atoms with van der Waals surface area (Å²) in [7, 11) is 0. The predicted octanol–water partition coefficient (Wildman–Crippen LogP) is 2.82. The van der Waals surface area contributed by atoms with Gasteiger partial charge in [-0.2, -0.15) is 5.10 Å². The van der Waals surface area contributed by atoms with E-state index in [0.29, 0.717) is 12.0 Å². The van der Waals surface area contributed by atoms with Crippen molar-refractivity contribution in [3.8, 4) is 11.4 Å². The van der Waals surface area contributed by atoms with E-state index in [1.807, 2.05) is 13.8 Å². The molecule has 0 saturated carbocycles. The van der Waals surface area contributed by atoms with Crippen LogP contribution in [0.4, 0.5) is 0 Å². The fraction of sp³-hybridized carbons (Fsp3) is 0.350. The lowest BCUT2D eigenvalue weighted by atomic mass is 10.0. The number of carbonyl (C=O) groups is 2. The first-order valence-corrected chi connectivity index (χ1v) is 8.80. The van der Waals surface area contributed by atoms with Crippen LogP contribution in [0.15, 0.2) is 41.7 Å². The summed E-state index contributed by atoms with van der Waals surface area (Å²) in [6, 6.07) is 6.82. The molecule has 0 bridgehead atoms. The molecule has 1 heterocycles. The summed E-state index contributed by atoms with van der Waals surface area (Å²) in [5.41, 5.74) is 4.30. The fourth-order valence-electron chi connectivity index (χ4n) is 3.23. The number of amides is 1. The van der Waals surface area contributed by atoms with Crippen LogP contribution in [-0.4, -0.2) is 27.1 Å². The highest BCUT2D eigenvalue weighted by molar-refractivity contribution is 5.83. The third-order valence-electron chi connectivity index (χ3n) is 4.86. The number of aromatic nitrogens is 2. The number of hydrogen-bond donors (Lipinski definition) is 2. The monoisotopic (exact) mass is 353 g/mol. The molecule has 136 valence electrons. The van der Waals surface area contributed by atoms with Crippen molar-refractivity contribution in [2.75, 3.05) is 0 Å². The van der Waals surface area contributed by atoms with Crippen LogP contribution >= 0.6 is 0 Å². The van der Waals surface area contributed by atoms with Gasteiger partial charge in [-0.15, -0.1) is 0 Å². The Morgan fingerprint density at radius 2 is 2.08 bits per heavy atom. The molecule has 26 heavy (non-hydrogen) atoms. The average molecular weight is 353 g/mol. The molecule has 2 aromatic rings. The summed E-state index contributed by atoms with van der Waals surface area (Å²) in [6.07, 6.45) is 5.60. The first kappa shape index (κ1) is 17.9. The predicted molar refractivity (Wildman–Crippen MR) is 97.9 cm³/mol.